The summed E-state index contributed by atoms with van der Waals surface area (Å²) in [5.41, 5.74) is 1.47. The third-order valence-electron chi connectivity index (χ3n) is 4.91. The van der Waals surface area contributed by atoms with E-state index in [1.807, 2.05) is 0 Å². The van der Waals surface area contributed by atoms with E-state index >= 15 is 0 Å². The van der Waals surface area contributed by atoms with Gasteiger partial charge in [-0.3, -0.25) is 4.79 Å². The van der Waals surface area contributed by atoms with E-state index in [1.165, 1.54) is 73.3 Å². The maximum absolute atomic E-state index is 10.4. The lowest BCUT2D eigenvalue weighted by Crippen LogP contribution is -1.96. The first-order valence-corrected chi connectivity index (χ1v) is 11.1. The number of hydrogen-bond acceptors (Lipinski definition) is 1. The summed E-state index contributed by atoms with van der Waals surface area (Å²) in [5.74, 6) is 0.183. The normalized spacial score (nSPS) is 12.2. The Morgan fingerprint density at radius 2 is 1.40 bits per heavy atom. The fourth-order valence-electron chi connectivity index (χ4n) is 3.27. The van der Waals surface area contributed by atoms with Gasteiger partial charge in [0.1, 0.15) is 0 Å². The molecule has 0 heterocycles. The third-order valence-corrected chi connectivity index (χ3v) is 5.63. The Balaban J connectivity index is 1.87. The van der Waals surface area contributed by atoms with Gasteiger partial charge in [0.2, 0.25) is 0 Å². The molecule has 2 nitrogen and oxygen atoms in total. The smallest absolute Gasteiger partial charge is 0.303 e. The average molecular weight is 456 g/mol. The van der Waals surface area contributed by atoms with E-state index < -0.39 is 5.97 Å². The molecule has 0 aromatic heterocycles. The van der Waals surface area contributed by atoms with Crippen LogP contribution in [0.3, 0.4) is 0 Å². The Bertz CT molecular complexity index is 456. The molecule has 0 saturated heterocycles. The number of hydrogen-bond donors (Lipinski definition) is 1. The summed E-state index contributed by atoms with van der Waals surface area (Å²) in [4.78, 5) is 10.4. The van der Waals surface area contributed by atoms with E-state index in [1.54, 1.807) is 0 Å². The molecule has 0 amide bonds. The van der Waals surface area contributed by atoms with Gasteiger partial charge in [0.15, 0.2) is 0 Å². The Labute approximate surface area is 167 Å². The van der Waals surface area contributed by atoms with Gasteiger partial charge in [-0.15, -0.1) is 0 Å². The molecule has 0 fully saturated rings. The molecule has 1 atom stereocenters. The lowest BCUT2D eigenvalue weighted by atomic mass is 9.95. The lowest BCUT2D eigenvalue weighted by Gasteiger charge is -2.11. The van der Waals surface area contributed by atoms with Gasteiger partial charge in [0, 0.05) is 9.99 Å². The summed E-state index contributed by atoms with van der Waals surface area (Å²) in [5, 5.41) is 8.59. The zero-order valence-corrected chi connectivity index (χ0v) is 18.0. The molecule has 1 N–H and O–H groups in total. The summed E-state index contributed by atoms with van der Waals surface area (Å²) in [6.45, 7) is 2.38. The second-order valence-corrected chi connectivity index (χ2v) is 8.63. The molecule has 0 spiro atoms. The number of halogens is 1. The van der Waals surface area contributed by atoms with Gasteiger partial charge in [-0.2, -0.15) is 0 Å². The Hall–Kier alpha value is -0.580. The fraction of sp³-hybridized carbons (Fsp3) is 0.682. The van der Waals surface area contributed by atoms with Gasteiger partial charge in [-0.25, -0.2) is 0 Å². The van der Waals surface area contributed by atoms with Crippen LogP contribution in [0.2, 0.25) is 0 Å². The minimum absolute atomic E-state index is 0.333. The van der Waals surface area contributed by atoms with Crippen molar-refractivity contribution in [2.75, 3.05) is 0 Å². The van der Waals surface area contributed by atoms with Crippen molar-refractivity contribution in [2.24, 2.45) is 5.92 Å². The third kappa shape index (κ3) is 13.3. The van der Waals surface area contributed by atoms with Crippen LogP contribution >= 0.6 is 22.6 Å². The second-order valence-electron chi connectivity index (χ2n) is 7.38. The van der Waals surface area contributed by atoms with Crippen molar-refractivity contribution in [1.29, 1.82) is 0 Å². The van der Waals surface area contributed by atoms with Crippen molar-refractivity contribution in [2.45, 2.75) is 90.4 Å². The quantitative estimate of drug-likeness (QED) is 0.223. The van der Waals surface area contributed by atoms with E-state index in [-0.39, 0.29) is 0 Å². The number of rotatable bonds is 15. The highest BCUT2D eigenvalue weighted by atomic mass is 125. The van der Waals surface area contributed by atoms with Gasteiger partial charge in [0.25, 0.3) is 0 Å². The lowest BCUT2D eigenvalue weighted by molar-refractivity contribution is -0.137. The molecule has 0 aliphatic carbocycles. The van der Waals surface area contributed by atoms with Crippen LogP contribution in [0.4, 0.5) is 0 Å². The van der Waals surface area contributed by atoms with Crippen LogP contribution in [0.1, 0.15) is 89.5 Å². The van der Waals surface area contributed by atoms with Gasteiger partial charge in [0.05, 0.1) is 0 Å². The van der Waals surface area contributed by atoms with Gasteiger partial charge in [-0.1, -0.05) is 76.8 Å². The van der Waals surface area contributed by atoms with Gasteiger partial charge >= 0.3 is 5.97 Å². The predicted molar refractivity (Wildman–Crippen MR) is 115 cm³/mol. The van der Waals surface area contributed by atoms with Crippen molar-refractivity contribution in [3.05, 3.63) is 33.4 Å². The summed E-state index contributed by atoms with van der Waals surface area (Å²) in [6, 6.07) is 8.91. The highest BCUT2D eigenvalue weighted by Gasteiger charge is 2.03. The highest BCUT2D eigenvalue weighted by molar-refractivity contribution is 14.1. The molecule has 1 aromatic rings. The van der Waals surface area contributed by atoms with E-state index in [0.717, 1.165) is 18.8 Å². The zero-order valence-electron chi connectivity index (χ0n) is 15.8. The zero-order chi connectivity index (χ0) is 18.3. The molecular weight excluding hydrogens is 421 g/mol. The van der Waals surface area contributed by atoms with Crippen LogP contribution in [0, 0.1) is 9.49 Å². The van der Waals surface area contributed by atoms with Crippen molar-refractivity contribution in [1.82, 2.24) is 0 Å². The molecule has 25 heavy (non-hydrogen) atoms. The number of unbranched alkanes of at least 4 members (excludes halogenated alkanes) is 7. The van der Waals surface area contributed by atoms with E-state index in [2.05, 4.69) is 53.8 Å². The average Bonchev–Trinajstić information content (AvgIpc) is 2.58. The number of benzene rings is 1. The van der Waals surface area contributed by atoms with Gasteiger partial charge < -0.3 is 5.11 Å². The first-order valence-electron chi connectivity index (χ1n) is 10.0. The molecule has 142 valence electrons. The summed E-state index contributed by atoms with van der Waals surface area (Å²) in [7, 11) is 0. The van der Waals surface area contributed by atoms with Crippen LogP contribution in [0.25, 0.3) is 0 Å². The van der Waals surface area contributed by atoms with Crippen LogP contribution in [-0.2, 0) is 11.2 Å². The first-order chi connectivity index (χ1) is 12.1. The second kappa shape index (κ2) is 14.6. The molecule has 0 aliphatic heterocycles. The standard InChI is InChI=1S/C22H35IO2/c1-19(11-7-3-2-4-10-14-22(24)25)12-8-5-6-9-13-20-15-17-21(23)18-16-20/h15-19H,2-14H2,1H3,(H,24,25)/i23-2. The SMILES string of the molecule is CC(CCCCCCCC(=O)O)CCCCCCc1ccc([125I])cc1. The van der Waals surface area contributed by atoms with Crippen molar-refractivity contribution < 1.29 is 9.90 Å². The summed E-state index contributed by atoms with van der Waals surface area (Å²) >= 11 is 2.36. The van der Waals surface area contributed by atoms with E-state index in [4.69, 9.17) is 5.11 Å². The maximum Gasteiger partial charge on any atom is 0.303 e. The molecule has 0 radical (unpaired) electrons. The molecule has 3 heteroatoms. The molecule has 0 bridgehead atoms. The van der Waals surface area contributed by atoms with Crippen molar-refractivity contribution >= 4 is 28.6 Å². The van der Waals surface area contributed by atoms with Crippen LogP contribution in [0.5, 0.6) is 0 Å². The maximum atomic E-state index is 10.4. The first kappa shape index (κ1) is 22.5. The number of carboxylic acids is 1. The van der Waals surface area contributed by atoms with Crippen LogP contribution < -0.4 is 0 Å². The Morgan fingerprint density at radius 3 is 2.00 bits per heavy atom. The molecular formula is C22H35IO2. The topological polar surface area (TPSA) is 37.3 Å². The number of carboxylic acid groups (broad SMARTS) is 1. The Morgan fingerprint density at radius 1 is 0.880 bits per heavy atom. The van der Waals surface area contributed by atoms with E-state index in [0.29, 0.717) is 6.42 Å². The van der Waals surface area contributed by atoms with Crippen molar-refractivity contribution in [3.63, 3.8) is 0 Å². The molecule has 1 unspecified atom stereocenters. The van der Waals surface area contributed by atoms with E-state index in [9.17, 15) is 4.79 Å². The Kier molecular flexibility index (Phi) is 13.1. The highest BCUT2D eigenvalue weighted by Crippen LogP contribution is 2.18. The van der Waals surface area contributed by atoms with Crippen LogP contribution in [-0.4, -0.2) is 11.1 Å². The summed E-state index contributed by atoms with van der Waals surface area (Å²) < 4.78 is 1.32. The minimum Gasteiger partial charge on any atom is -0.481 e. The molecule has 1 rings (SSSR count). The predicted octanol–water partition coefficient (Wildman–Crippen LogP) is 7.24. The minimum atomic E-state index is -0.660. The number of aliphatic carboxylic acids is 1. The van der Waals surface area contributed by atoms with Gasteiger partial charge in [-0.05, 0) is 65.5 Å². The molecule has 1 aromatic carbocycles. The van der Waals surface area contributed by atoms with Crippen molar-refractivity contribution in [3.8, 4) is 0 Å². The summed E-state index contributed by atoms with van der Waals surface area (Å²) in [6.07, 6.45) is 15.3. The monoisotopic (exact) mass is 456 g/mol. The number of carbonyl (C=O) groups is 1. The molecule has 0 aliphatic rings. The largest absolute Gasteiger partial charge is 0.481 e. The fourth-order valence-corrected chi connectivity index (χ4v) is 3.63. The molecule has 0 saturated carbocycles. The van der Waals surface area contributed by atoms with Crippen LogP contribution in [0.15, 0.2) is 24.3 Å². The number of aryl methyl sites for hydroxylation is 1.